The van der Waals surface area contributed by atoms with Crippen molar-refractivity contribution in [2.24, 2.45) is 5.92 Å². The summed E-state index contributed by atoms with van der Waals surface area (Å²) < 4.78 is 5.01. The molecule has 0 saturated heterocycles. The first-order valence-corrected chi connectivity index (χ1v) is 7.33. The zero-order valence-electron chi connectivity index (χ0n) is 13.6. The zero-order chi connectivity index (χ0) is 17.2. The van der Waals surface area contributed by atoms with Gasteiger partial charge in [-0.15, -0.1) is 0 Å². The van der Waals surface area contributed by atoms with Gasteiger partial charge in [-0.2, -0.15) is 0 Å². The van der Waals surface area contributed by atoms with Gasteiger partial charge in [0.15, 0.2) is 0 Å². The molecule has 0 aromatic heterocycles. The number of carbonyl (C=O) groups is 3. The predicted octanol–water partition coefficient (Wildman–Crippen LogP) is 0.658. The highest BCUT2D eigenvalue weighted by atomic mass is 16.5. The summed E-state index contributed by atoms with van der Waals surface area (Å²) in [5.41, 5.74) is 1.63. The fourth-order valence-corrected chi connectivity index (χ4v) is 1.98. The summed E-state index contributed by atoms with van der Waals surface area (Å²) in [7, 11) is 1.61. The van der Waals surface area contributed by atoms with E-state index in [0.717, 1.165) is 5.56 Å². The van der Waals surface area contributed by atoms with Gasteiger partial charge in [0.05, 0.1) is 13.2 Å². The van der Waals surface area contributed by atoms with Gasteiger partial charge >= 0.3 is 0 Å². The standard InChI is InChI=1S/C16H23N3O4/c1-11(2)15(18-10-20)16(22)17-8-14(21)19-13-6-4-12(5-7-13)9-23-3/h4-7,10-11,15H,8-9H2,1-3H3,(H,17,22)(H,18,20)(H,19,21). The predicted molar refractivity (Wildman–Crippen MR) is 86.6 cm³/mol. The van der Waals surface area contributed by atoms with Crippen molar-refractivity contribution in [1.82, 2.24) is 10.6 Å². The summed E-state index contributed by atoms with van der Waals surface area (Å²) in [5, 5.41) is 7.63. The molecule has 0 heterocycles. The Balaban J connectivity index is 2.47. The van der Waals surface area contributed by atoms with Crippen LogP contribution in [0.5, 0.6) is 0 Å². The number of anilines is 1. The summed E-state index contributed by atoms with van der Waals surface area (Å²) in [6, 6.07) is 6.56. The van der Waals surface area contributed by atoms with Crippen LogP contribution in [0.25, 0.3) is 0 Å². The molecular formula is C16H23N3O4. The minimum absolute atomic E-state index is 0.0726. The van der Waals surface area contributed by atoms with E-state index in [-0.39, 0.29) is 18.4 Å². The van der Waals surface area contributed by atoms with Crippen LogP contribution in [-0.4, -0.2) is 37.9 Å². The second-order valence-corrected chi connectivity index (χ2v) is 5.40. The maximum Gasteiger partial charge on any atom is 0.243 e. The van der Waals surface area contributed by atoms with Crippen LogP contribution in [-0.2, 0) is 25.7 Å². The van der Waals surface area contributed by atoms with Crippen molar-refractivity contribution in [3.63, 3.8) is 0 Å². The molecule has 0 aliphatic carbocycles. The molecule has 0 aliphatic heterocycles. The Labute approximate surface area is 135 Å². The van der Waals surface area contributed by atoms with Gasteiger partial charge in [0.1, 0.15) is 6.04 Å². The van der Waals surface area contributed by atoms with E-state index in [1.54, 1.807) is 19.2 Å². The Kier molecular flexibility index (Phi) is 7.76. The first kappa shape index (κ1) is 18.6. The largest absolute Gasteiger partial charge is 0.380 e. The third-order valence-corrected chi connectivity index (χ3v) is 3.17. The maximum absolute atomic E-state index is 11.9. The van der Waals surface area contributed by atoms with E-state index in [2.05, 4.69) is 16.0 Å². The summed E-state index contributed by atoms with van der Waals surface area (Å²) >= 11 is 0. The van der Waals surface area contributed by atoms with Crippen molar-refractivity contribution >= 4 is 23.9 Å². The molecule has 0 spiro atoms. The first-order valence-electron chi connectivity index (χ1n) is 7.33. The van der Waals surface area contributed by atoms with E-state index in [9.17, 15) is 14.4 Å². The SMILES string of the molecule is COCc1ccc(NC(=O)CNC(=O)C(NC=O)C(C)C)cc1. The number of methoxy groups -OCH3 is 1. The molecule has 0 bridgehead atoms. The Bertz CT molecular complexity index is 529. The average Bonchev–Trinajstić information content (AvgIpc) is 2.52. The summed E-state index contributed by atoms with van der Waals surface area (Å²) in [5.74, 6) is -0.805. The Hall–Kier alpha value is -2.41. The molecule has 23 heavy (non-hydrogen) atoms. The lowest BCUT2D eigenvalue weighted by molar-refractivity contribution is -0.128. The van der Waals surface area contributed by atoms with E-state index in [0.29, 0.717) is 18.7 Å². The smallest absolute Gasteiger partial charge is 0.243 e. The molecular weight excluding hydrogens is 298 g/mol. The Morgan fingerprint density at radius 1 is 1.22 bits per heavy atom. The highest BCUT2D eigenvalue weighted by Crippen LogP contribution is 2.10. The van der Waals surface area contributed by atoms with Crippen molar-refractivity contribution in [2.45, 2.75) is 26.5 Å². The highest BCUT2D eigenvalue weighted by Gasteiger charge is 2.21. The van der Waals surface area contributed by atoms with Crippen LogP contribution in [0.1, 0.15) is 19.4 Å². The molecule has 1 atom stereocenters. The van der Waals surface area contributed by atoms with Gasteiger partial charge in [0.2, 0.25) is 18.2 Å². The number of rotatable bonds is 9. The quantitative estimate of drug-likeness (QED) is 0.582. The Morgan fingerprint density at radius 2 is 1.87 bits per heavy atom. The number of amides is 3. The van der Waals surface area contributed by atoms with E-state index in [4.69, 9.17) is 4.74 Å². The second kappa shape index (κ2) is 9.58. The highest BCUT2D eigenvalue weighted by molar-refractivity contribution is 5.95. The van der Waals surface area contributed by atoms with Crippen LogP contribution in [0, 0.1) is 5.92 Å². The molecule has 7 heteroatoms. The number of nitrogens with one attached hydrogen (secondary N) is 3. The molecule has 0 fully saturated rings. The fourth-order valence-electron chi connectivity index (χ4n) is 1.98. The number of hydrogen-bond acceptors (Lipinski definition) is 4. The monoisotopic (exact) mass is 321 g/mol. The van der Waals surface area contributed by atoms with Crippen LogP contribution in [0.15, 0.2) is 24.3 Å². The van der Waals surface area contributed by atoms with E-state index >= 15 is 0 Å². The van der Waals surface area contributed by atoms with Crippen LogP contribution in [0.3, 0.4) is 0 Å². The van der Waals surface area contributed by atoms with Crippen molar-refractivity contribution in [2.75, 3.05) is 19.0 Å². The number of benzene rings is 1. The topological polar surface area (TPSA) is 96.5 Å². The Morgan fingerprint density at radius 3 is 2.39 bits per heavy atom. The van der Waals surface area contributed by atoms with Gasteiger partial charge in [-0.25, -0.2) is 0 Å². The van der Waals surface area contributed by atoms with E-state index < -0.39 is 11.9 Å². The number of hydrogen-bond donors (Lipinski definition) is 3. The molecule has 126 valence electrons. The minimum Gasteiger partial charge on any atom is -0.380 e. The van der Waals surface area contributed by atoms with Gasteiger partial charge in [-0.05, 0) is 23.6 Å². The van der Waals surface area contributed by atoms with Crippen molar-refractivity contribution in [3.8, 4) is 0 Å². The van der Waals surface area contributed by atoms with Gasteiger partial charge in [-0.1, -0.05) is 26.0 Å². The van der Waals surface area contributed by atoms with Crippen molar-refractivity contribution in [3.05, 3.63) is 29.8 Å². The molecule has 1 aromatic carbocycles. The fraction of sp³-hybridized carbons (Fsp3) is 0.438. The normalized spacial score (nSPS) is 11.7. The van der Waals surface area contributed by atoms with Gasteiger partial charge in [0.25, 0.3) is 0 Å². The molecule has 1 aromatic rings. The minimum atomic E-state index is -0.659. The van der Waals surface area contributed by atoms with Crippen molar-refractivity contribution < 1.29 is 19.1 Å². The van der Waals surface area contributed by atoms with Gasteiger partial charge in [-0.3, -0.25) is 14.4 Å². The lowest BCUT2D eigenvalue weighted by atomic mass is 10.0. The zero-order valence-corrected chi connectivity index (χ0v) is 13.6. The molecule has 0 radical (unpaired) electrons. The third-order valence-electron chi connectivity index (χ3n) is 3.17. The first-order chi connectivity index (χ1) is 11.0. The van der Waals surface area contributed by atoms with E-state index in [1.807, 2.05) is 26.0 Å². The van der Waals surface area contributed by atoms with Gasteiger partial charge < -0.3 is 20.7 Å². The molecule has 1 rings (SSSR count). The van der Waals surface area contributed by atoms with Gasteiger partial charge in [0, 0.05) is 12.8 Å². The lowest BCUT2D eigenvalue weighted by Crippen LogP contribution is -2.48. The molecule has 0 saturated carbocycles. The molecule has 1 unspecified atom stereocenters. The van der Waals surface area contributed by atoms with Crippen LogP contribution >= 0.6 is 0 Å². The summed E-state index contributed by atoms with van der Waals surface area (Å²) in [6.45, 7) is 3.96. The van der Waals surface area contributed by atoms with Crippen LogP contribution < -0.4 is 16.0 Å². The summed E-state index contributed by atoms with van der Waals surface area (Å²) in [4.78, 5) is 34.3. The third kappa shape index (κ3) is 6.48. The number of carbonyl (C=O) groups excluding carboxylic acids is 3. The maximum atomic E-state index is 11.9. The molecule has 7 nitrogen and oxygen atoms in total. The molecule has 3 amide bonds. The number of ether oxygens (including phenoxy) is 1. The lowest BCUT2D eigenvalue weighted by Gasteiger charge is -2.19. The molecule has 0 aliphatic rings. The second-order valence-electron chi connectivity index (χ2n) is 5.40. The van der Waals surface area contributed by atoms with Crippen molar-refractivity contribution in [1.29, 1.82) is 0 Å². The summed E-state index contributed by atoms with van der Waals surface area (Å²) in [6.07, 6.45) is 0.478. The van der Waals surface area contributed by atoms with E-state index in [1.165, 1.54) is 0 Å². The van der Waals surface area contributed by atoms with Crippen LogP contribution in [0.2, 0.25) is 0 Å². The average molecular weight is 321 g/mol. The molecule has 3 N–H and O–H groups in total. The van der Waals surface area contributed by atoms with Crippen LogP contribution in [0.4, 0.5) is 5.69 Å².